The van der Waals surface area contributed by atoms with Gasteiger partial charge in [-0.15, -0.1) is 0 Å². The van der Waals surface area contributed by atoms with Crippen LogP contribution in [0.5, 0.6) is 0 Å². The normalized spacial score (nSPS) is 13.4. The van der Waals surface area contributed by atoms with Gasteiger partial charge in [-0.25, -0.2) is 4.79 Å². The van der Waals surface area contributed by atoms with Crippen molar-refractivity contribution in [2.45, 2.75) is 6.42 Å². The maximum atomic E-state index is 11.4. The van der Waals surface area contributed by atoms with Gasteiger partial charge in [0, 0.05) is 12.2 Å². The van der Waals surface area contributed by atoms with E-state index >= 15 is 0 Å². The van der Waals surface area contributed by atoms with E-state index in [1.807, 2.05) is 23.1 Å². The van der Waals surface area contributed by atoms with Crippen LogP contribution in [-0.2, 0) is 6.42 Å². The maximum absolute atomic E-state index is 11.4. The van der Waals surface area contributed by atoms with Crippen LogP contribution in [0.2, 0.25) is 5.02 Å². The number of carboxylic acid groups (broad SMARTS) is 1. The SMILES string of the molecule is O=C(O)c1c(Cl)cccc1N1CCc2ccccc21. The summed E-state index contributed by atoms with van der Waals surface area (Å²) in [5, 5.41) is 9.62. The molecule has 0 unspecified atom stereocenters. The largest absolute Gasteiger partial charge is 0.478 e. The Labute approximate surface area is 116 Å². The number of carbonyl (C=O) groups is 1. The fourth-order valence-electron chi connectivity index (χ4n) is 2.54. The first kappa shape index (κ1) is 12.1. The van der Waals surface area contributed by atoms with Gasteiger partial charge in [0.1, 0.15) is 5.56 Å². The van der Waals surface area contributed by atoms with Gasteiger partial charge in [0.05, 0.1) is 10.7 Å². The molecule has 0 bridgehead atoms. The summed E-state index contributed by atoms with van der Waals surface area (Å²) >= 11 is 6.02. The number of fused-ring (bicyclic) bond motifs is 1. The highest BCUT2D eigenvalue weighted by Crippen LogP contribution is 2.38. The average Bonchev–Trinajstić information content (AvgIpc) is 2.81. The lowest BCUT2D eigenvalue weighted by molar-refractivity contribution is 0.0698. The van der Waals surface area contributed by atoms with Crippen LogP contribution in [0.25, 0.3) is 0 Å². The molecule has 0 amide bonds. The third-order valence-corrected chi connectivity index (χ3v) is 3.70. The van der Waals surface area contributed by atoms with E-state index in [0.29, 0.717) is 5.69 Å². The number of rotatable bonds is 2. The molecule has 3 rings (SSSR count). The number of halogens is 1. The summed E-state index contributed by atoms with van der Waals surface area (Å²) < 4.78 is 0. The van der Waals surface area contributed by atoms with Crippen molar-refractivity contribution in [1.29, 1.82) is 0 Å². The van der Waals surface area contributed by atoms with Gasteiger partial charge in [-0.1, -0.05) is 35.9 Å². The first-order valence-electron chi connectivity index (χ1n) is 6.06. The van der Waals surface area contributed by atoms with Crippen molar-refractivity contribution in [2.75, 3.05) is 11.4 Å². The second kappa shape index (κ2) is 4.59. The maximum Gasteiger partial charge on any atom is 0.339 e. The molecule has 1 aliphatic rings. The lowest BCUT2D eigenvalue weighted by Gasteiger charge is -2.22. The fourth-order valence-corrected chi connectivity index (χ4v) is 2.79. The highest BCUT2D eigenvalue weighted by Gasteiger charge is 2.25. The van der Waals surface area contributed by atoms with Crippen molar-refractivity contribution in [3.05, 3.63) is 58.6 Å². The van der Waals surface area contributed by atoms with Gasteiger partial charge in [-0.2, -0.15) is 0 Å². The molecule has 0 radical (unpaired) electrons. The molecule has 1 aliphatic heterocycles. The van der Waals surface area contributed by atoms with E-state index in [0.717, 1.165) is 18.7 Å². The third kappa shape index (κ3) is 1.96. The number of carboxylic acids is 1. The predicted octanol–water partition coefficient (Wildman–Crippen LogP) is 3.73. The number of hydrogen-bond acceptors (Lipinski definition) is 2. The minimum absolute atomic E-state index is 0.167. The number of aromatic carboxylic acids is 1. The summed E-state index contributed by atoms with van der Waals surface area (Å²) in [6.45, 7) is 0.778. The van der Waals surface area contributed by atoms with Gasteiger partial charge in [-0.05, 0) is 30.2 Å². The zero-order valence-corrected chi connectivity index (χ0v) is 10.9. The van der Waals surface area contributed by atoms with Crippen LogP contribution in [0.4, 0.5) is 11.4 Å². The highest BCUT2D eigenvalue weighted by atomic mass is 35.5. The van der Waals surface area contributed by atoms with Gasteiger partial charge in [0.2, 0.25) is 0 Å². The fraction of sp³-hybridized carbons (Fsp3) is 0.133. The summed E-state index contributed by atoms with van der Waals surface area (Å²) in [7, 11) is 0. The standard InChI is InChI=1S/C15H12ClNO2/c16-11-5-3-7-13(14(11)15(18)19)17-9-8-10-4-1-2-6-12(10)17/h1-7H,8-9H2,(H,18,19). The molecule has 0 spiro atoms. The van der Waals surface area contributed by atoms with Gasteiger partial charge in [0.25, 0.3) is 0 Å². The topological polar surface area (TPSA) is 40.5 Å². The van der Waals surface area contributed by atoms with E-state index in [1.54, 1.807) is 18.2 Å². The number of benzene rings is 2. The summed E-state index contributed by atoms with van der Waals surface area (Å²) in [6.07, 6.45) is 0.918. The minimum Gasteiger partial charge on any atom is -0.478 e. The number of hydrogen-bond donors (Lipinski definition) is 1. The Morgan fingerprint density at radius 1 is 1.11 bits per heavy atom. The second-order valence-electron chi connectivity index (χ2n) is 4.47. The van der Waals surface area contributed by atoms with Crippen LogP contribution in [0, 0.1) is 0 Å². The Bertz CT molecular complexity index is 654. The molecule has 0 atom stereocenters. The molecule has 0 aliphatic carbocycles. The molecule has 1 heterocycles. The molecule has 2 aromatic rings. The number of nitrogens with zero attached hydrogens (tertiary/aromatic N) is 1. The zero-order valence-electron chi connectivity index (χ0n) is 10.1. The van der Waals surface area contributed by atoms with E-state index in [9.17, 15) is 9.90 Å². The predicted molar refractivity (Wildman–Crippen MR) is 75.6 cm³/mol. The van der Waals surface area contributed by atoms with Gasteiger partial charge >= 0.3 is 5.97 Å². The van der Waals surface area contributed by atoms with E-state index < -0.39 is 5.97 Å². The minimum atomic E-state index is -0.995. The first-order chi connectivity index (χ1) is 9.18. The average molecular weight is 274 g/mol. The molecule has 4 heteroatoms. The summed E-state index contributed by atoms with van der Waals surface area (Å²) in [5.41, 5.74) is 3.12. The van der Waals surface area contributed by atoms with Gasteiger partial charge in [-0.3, -0.25) is 0 Å². The molecule has 0 saturated heterocycles. The van der Waals surface area contributed by atoms with Crippen molar-refractivity contribution in [2.24, 2.45) is 0 Å². The van der Waals surface area contributed by atoms with Crippen molar-refractivity contribution in [3.8, 4) is 0 Å². The van der Waals surface area contributed by atoms with Crippen molar-refractivity contribution in [3.63, 3.8) is 0 Å². The second-order valence-corrected chi connectivity index (χ2v) is 4.88. The molecule has 0 saturated carbocycles. The van der Waals surface area contributed by atoms with Crippen molar-refractivity contribution in [1.82, 2.24) is 0 Å². The van der Waals surface area contributed by atoms with Crippen LogP contribution in [0.1, 0.15) is 15.9 Å². The quantitative estimate of drug-likeness (QED) is 0.906. The lowest BCUT2D eigenvalue weighted by Crippen LogP contribution is -2.17. The van der Waals surface area contributed by atoms with Crippen LogP contribution in [0.15, 0.2) is 42.5 Å². The van der Waals surface area contributed by atoms with Gasteiger partial charge in [0.15, 0.2) is 0 Å². The zero-order chi connectivity index (χ0) is 13.4. The van der Waals surface area contributed by atoms with E-state index in [-0.39, 0.29) is 10.6 Å². The van der Waals surface area contributed by atoms with Crippen molar-refractivity contribution >= 4 is 28.9 Å². The summed E-state index contributed by atoms with van der Waals surface area (Å²) in [4.78, 5) is 13.4. The molecule has 3 nitrogen and oxygen atoms in total. The molecular weight excluding hydrogens is 262 g/mol. The summed E-state index contributed by atoms with van der Waals surface area (Å²) in [5.74, 6) is -0.995. The van der Waals surface area contributed by atoms with Crippen LogP contribution in [0.3, 0.4) is 0 Å². The van der Waals surface area contributed by atoms with Crippen LogP contribution in [-0.4, -0.2) is 17.6 Å². The van der Waals surface area contributed by atoms with Crippen LogP contribution >= 0.6 is 11.6 Å². The molecule has 96 valence electrons. The van der Waals surface area contributed by atoms with Crippen molar-refractivity contribution < 1.29 is 9.90 Å². The molecule has 1 N–H and O–H groups in total. The van der Waals surface area contributed by atoms with E-state index in [1.165, 1.54) is 5.56 Å². The lowest BCUT2D eigenvalue weighted by atomic mass is 10.1. The third-order valence-electron chi connectivity index (χ3n) is 3.38. The highest BCUT2D eigenvalue weighted by molar-refractivity contribution is 6.34. The number of anilines is 2. The monoisotopic (exact) mass is 273 g/mol. The Balaban J connectivity index is 2.15. The van der Waals surface area contributed by atoms with E-state index in [2.05, 4.69) is 6.07 Å². The number of para-hydroxylation sites is 1. The molecule has 0 fully saturated rings. The Morgan fingerprint density at radius 3 is 2.63 bits per heavy atom. The smallest absolute Gasteiger partial charge is 0.339 e. The molecule has 2 aromatic carbocycles. The Hall–Kier alpha value is -2.00. The molecule has 19 heavy (non-hydrogen) atoms. The van der Waals surface area contributed by atoms with Gasteiger partial charge < -0.3 is 10.0 Å². The Morgan fingerprint density at radius 2 is 1.84 bits per heavy atom. The molecule has 0 aromatic heterocycles. The Kier molecular flexibility index (Phi) is 2.91. The first-order valence-corrected chi connectivity index (χ1v) is 6.43. The van der Waals surface area contributed by atoms with Crippen LogP contribution < -0.4 is 4.90 Å². The molecular formula is C15H12ClNO2. The van der Waals surface area contributed by atoms with E-state index in [4.69, 9.17) is 11.6 Å². The summed E-state index contributed by atoms with van der Waals surface area (Å²) in [6, 6.07) is 13.2.